The van der Waals surface area contributed by atoms with Gasteiger partial charge in [-0.25, -0.2) is 4.79 Å². The molecule has 160 valence electrons. The van der Waals surface area contributed by atoms with Gasteiger partial charge < -0.3 is 21.3 Å². The van der Waals surface area contributed by atoms with E-state index in [1.807, 2.05) is 46.8 Å². The molecule has 2 aromatic carbocycles. The van der Waals surface area contributed by atoms with Crippen molar-refractivity contribution in [3.05, 3.63) is 64.2 Å². The van der Waals surface area contributed by atoms with E-state index in [9.17, 15) is 14.4 Å². The molecule has 0 saturated carbocycles. The molecule has 0 spiro atoms. The van der Waals surface area contributed by atoms with Gasteiger partial charge >= 0.3 is 6.03 Å². The molecule has 0 aliphatic heterocycles. The van der Waals surface area contributed by atoms with Crippen LogP contribution >= 0.6 is 0 Å². The van der Waals surface area contributed by atoms with Gasteiger partial charge in [0.2, 0.25) is 5.91 Å². The zero-order valence-electron chi connectivity index (χ0n) is 18.2. The molecule has 7 heteroatoms. The summed E-state index contributed by atoms with van der Waals surface area (Å²) in [6.07, 6.45) is 0. The number of carbonyl (C=O) groups is 3. The molecular formula is C23H30N4O3. The Balaban J connectivity index is 1.85. The summed E-state index contributed by atoms with van der Waals surface area (Å²) in [4.78, 5) is 36.2. The fourth-order valence-corrected chi connectivity index (χ4v) is 3.09. The molecule has 0 bridgehead atoms. The van der Waals surface area contributed by atoms with Crippen LogP contribution < -0.4 is 21.3 Å². The van der Waals surface area contributed by atoms with Gasteiger partial charge in [-0.15, -0.1) is 0 Å². The van der Waals surface area contributed by atoms with Crippen molar-refractivity contribution in [3.8, 4) is 0 Å². The minimum Gasteiger partial charge on any atom is -0.343 e. The van der Waals surface area contributed by atoms with Crippen LogP contribution in [0.15, 0.2) is 36.4 Å². The summed E-state index contributed by atoms with van der Waals surface area (Å²) in [5.41, 5.74) is 5.19. The van der Waals surface area contributed by atoms with Crippen molar-refractivity contribution in [1.82, 2.24) is 16.0 Å². The molecule has 7 nitrogen and oxygen atoms in total. The molecule has 2 rings (SSSR count). The van der Waals surface area contributed by atoms with Gasteiger partial charge in [0.05, 0.1) is 6.54 Å². The lowest BCUT2D eigenvalue weighted by Gasteiger charge is -2.13. The second-order valence-corrected chi connectivity index (χ2v) is 7.68. The number of anilines is 1. The third kappa shape index (κ3) is 6.92. The zero-order valence-corrected chi connectivity index (χ0v) is 18.2. The summed E-state index contributed by atoms with van der Waals surface area (Å²) in [5.74, 6) is -0.616. The average molecular weight is 411 g/mol. The van der Waals surface area contributed by atoms with Crippen LogP contribution in [-0.2, 0) is 11.3 Å². The quantitative estimate of drug-likeness (QED) is 0.564. The van der Waals surface area contributed by atoms with Crippen LogP contribution in [0.1, 0.15) is 46.5 Å². The number of carbonyl (C=O) groups excluding carboxylic acids is 3. The van der Waals surface area contributed by atoms with Crippen LogP contribution in [0.4, 0.5) is 10.5 Å². The number of aryl methyl sites for hydroxylation is 3. The number of hydrogen-bond acceptors (Lipinski definition) is 3. The predicted molar refractivity (Wildman–Crippen MR) is 119 cm³/mol. The Kier molecular flexibility index (Phi) is 7.98. The summed E-state index contributed by atoms with van der Waals surface area (Å²) < 4.78 is 0. The summed E-state index contributed by atoms with van der Waals surface area (Å²) in [7, 11) is 0. The van der Waals surface area contributed by atoms with Gasteiger partial charge in [-0.1, -0.05) is 29.8 Å². The molecule has 0 aromatic heterocycles. The number of rotatable bonds is 7. The fourth-order valence-electron chi connectivity index (χ4n) is 3.09. The van der Waals surface area contributed by atoms with Crippen LogP contribution in [-0.4, -0.2) is 30.4 Å². The van der Waals surface area contributed by atoms with Crippen molar-refractivity contribution >= 4 is 23.5 Å². The first-order valence-corrected chi connectivity index (χ1v) is 9.95. The first kappa shape index (κ1) is 22.9. The Morgan fingerprint density at radius 1 is 0.900 bits per heavy atom. The molecule has 0 atom stereocenters. The van der Waals surface area contributed by atoms with E-state index in [-0.39, 0.29) is 30.4 Å². The van der Waals surface area contributed by atoms with Crippen LogP contribution in [0.25, 0.3) is 0 Å². The van der Waals surface area contributed by atoms with Gasteiger partial charge in [-0.05, 0) is 63.4 Å². The van der Waals surface area contributed by atoms with E-state index in [0.29, 0.717) is 12.1 Å². The molecule has 0 aliphatic rings. The van der Waals surface area contributed by atoms with E-state index in [4.69, 9.17) is 0 Å². The van der Waals surface area contributed by atoms with E-state index >= 15 is 0 Å². The molecule has 2 aromatic rings. The van der Waals surface area contributed by atoms with Crippen LogP contribution in [0.2, 0.25) is 0 Å². The van der Waals surface area contributed by atoms with Crippen LogP contribution in [0.3, 0.4) is 0 Å². The smallest absolute Gasteiger partial charge is 0.315 e. The molecule has 0 heterocycles. The topological polar surface area (TPSA) is 99.3 Å². The van der Waals surface area contributed by atoms with Crippen molar-refractivity contribution in [1.29, 1.82) is 0 Å². The van der Waals surface area contributed by atoms with Crippen LogP contribution in [0.5, 0.6) is 0 Å². The normalized spacial score (nSPS) is 10.5. The van der Waals surface area contributed by atoms with Gasteiger partial charge in [0.25, 0.3) is 5.91 Å². The largest absolute Gasteiger partial charge is 0.343 e. The second kappa shape index (κ2) is 10.4. The number of amides is 4. The van der Waals surface area contributed by atoms with E-state index < -0.39 is 0 Å². The van der Waals surface area contributed by atoms with Crippen molar-refractivity contribution in [2.75, 3.05) is 11.9 Å². The maximum atomic E-state index is 12.3. The van der Waals surface area contributed by atoms with E-state index in [2.05, 4.69) is 21.3 Å². The van der Waals surface area contributed by atoms with Gasteiger partial charge in [0.15, 0.2) is 0 Å². The summed E-state index contributed by atoms with van der Waals surface area (Å²) in [6, 6.07) is 10.7. The summed E-state index contributed by atoms with van der Waals surface area (Å²) >= 11 is 0. The molecule has 0 fully saturated rings. The number of hydrogen-bond donors (Lipinski definition) is 4. The number of urea groups is 1. The maximum absolute atomic E-state index is 12.3. The van der Waals surface area contributed by atoms with Crippen molar-refractivity contribution < 1.29 is 14.4 Å². The highest BCUT2D eigenvalue weighted by Crippen LogP contribution is 2.21. The Morgan fingerprint density at radius 2 is 1.50 bits per heavy atom. The van der Waals surface area contributed by atoms with E-state index in [1.54, 1.807) is 24.3 Å². The molecule has 4 N–H and O–H groups in total. The standard InChI is InChI=1S/C23H30N4O3/c1-14(2)26-23(30)25-12-18-6-8-19(9-7-18)22(29)24-13-20(28)27-21-16(4)10-15(3)11-17(21)5/h6-11,14H,12-13H2,1-5H3,(H,24,29)(H,27,28)(H2,25,26,30). The van der Waals surface area contributed by atoms with Crippen LogP contribution in [0, 0.1) is 20.8 Å². The lowest BCUT2D eigenvalue weighted by atomic mass is 10.1. The third-order valence-corrected chi connectivity index (χ3v) is 4.44. The second-order valence-electron chi connectivity index (χ2n) is 7.68. The molecule has 0 aliphatic carbocycles. The fraction of sp³-hybridized carbons (Fsp3) is 0.348. The molecule has 0 radical (unpaired) electrons. The third-order valence-electron chi connectivity index (χ3n) is 4.44. The maximum Gasteiger partial charge on any atom is 0.315 e. The predicted octanol–water partition coefficient (Wildman–Crippen LogP) is 3.19. The Labute approximate surface area is 177 Å². The first-order chi connectivity index (χ1) is 14.2. The van der Waals surface area contributed by atoms with Gasteiger partial charge in [-0.3, -0.25) is 9.59 Å². The monoisotopic (exact) mass is 410 g/mol. The summed E-state index contributed by atoms with van der Waals surface area (Å²) in [5, 5.41) is 11.0. The highest BCUT2D eigenvalue weighted by atomic mass is 16.2. The SMILES string of the molecule is Cc1cc(C)c(NC(=O)CNC(=O)c2ccc(CNC(=O)NC(C)C)cc2)c(C)c1. The van der Waals surface area contributed by atoms with Crippen molar-refractivity contribution in [2.45, 2.75) is 47.2 Å². The number of nitrogens with one attached hydrogen (secondary N) is 4. The van der Waals surface area contributed by atoms with E-state index in [0.717, 1.165) is 27.9 Å². The van der Waals surface area contributed by atoms with Gasteiger partial charge in [-0.2, -0.15) is 0 Å². The highest BCUT2D eigenvalue weighted by Gasteiger charge is 2.11. The first-order valence-electron chi connectivity index (χ1n) is 9.95. The minimum absolute atomic E-state index is 0.0621. The molecular weight excluding hydrogens is 380 g/mol. The Hall–Kier alpha value is -3.35. The van der Waals surface area contributed by atoms with Gasteiger partial charge in [0, 0.05) is 23.8 Å². The molecule has 30 heavy (non-hydrogen) atoms. The number of benzene rings is 2. The molecule has 0 saturated heterocycles. The van der Waals surface area contributed by atoms with Gasteiger partial charge in [0.1, 0.15) is 0 Å². The summed E-state index contributed by atoms with van der Waals surface area (Å²) in [6.45, 7) is 9.90. The zero-order chi connectivity index (χ0) is 22.3. The molecule has 4 amide bonds. The highest BCUT2D eigenvalue weighted by molar-refractivity contribution is 5.99. The minimum atomic E-state index is -0.334. The molecule has 0 unspecified atom stereocenters. The van der Waals surface area contributed by atoms with E-state index in [1.165, 1.54) is 0 Å². The lowest BCUT2D eigenvalue weighted by Crippen LogP contribution is -2.39. The average Bonchev–Trinajstić information content (AvgIpc) is 2.67. The van der Waals surface area contributed by atoms with Crippen molar-refractivity contribution in [3.63, 3.8) is 0 Å². The van der Waals surface area contributed by atoms with Crippen molar-refractivity contribution in [2.24, 2.45) is 0 Å². The lowest BCUT2D eigenvalue weighted by molar-refractivity contribution is -0.115. The Morgan fingerprint density at radius 3 is 2.07 bits per heavy atom. The Bertz CT molecular complexity index is 898.